The summed E-state index contributed by atoms with van der Waals surface area (Å²) < 4.78 is 29.4. The summed E-state index contributed by atoms with van der Waals surface area (Å²) >= 11 is 6.19. The zero-order valence-corrected chi connectivity index (χ0v) is 13.6. The molecule has 0 N–H and O–H groups in total. The molecule has 24 heavy (non-hydrogen) atoms. The van der Waals surface area contributed by atoms with Gasteiger partial charge in [0.25, 0.3) is 0 Å². The summed E-state index contributed by atoms with van der Waals surface area (Å²) in [7, 11) is 0. The van der Waals surface area contributed by atoms with Gasteiger partial charge in [0.15, 0.2) is 11.6 Å². The van der Waals surface area contributed by atoms with Crippen LogP contribution in [0.3, 0.4) is 0 Å². The normalized spacial score (nSPS) is 10.8. The fourth-order valence-corrected chi connectivity index (χ4v) is 2.51. The fourth-order valence-electron chi connectivity index (χ4n) is 2.30. The number of halogens is 2. The lowest BCUT2D eigenvalue weighted by atomic mass is 10.1. The Balaban J connectivity index is 1.70. The minimum atomic E-state index is -0.434. The van der Waals surface area contributed by atoms with E-state index in [0.717, 1.165) is 10.9 Å². The predicted octanol–water partition coefficient (Wildman–Crippen LogP) is 4.35. The minimum Gasteiger partial charge on any atom is -0.488 e. The first-order valence-corrected chi connectivity index (χ1v) is 7.66. The van der Waals surface area contributed by atoms with Gasteiger partial charge in [-0.25, -0.2) is 9.18 Å². The second kappa shape index (κ2) is 6.93. The summed E-state index contributed by atoms with van der Waals surface area (Å²) in [5.41, 5.74) is 0.739. The zero-order chi connectivity index (χ0) is 17.1. The van der Waals surface area contributed by atoms with Crippen molar-refractivity contribution >= 4 is 22.6 Å². The first-order valence-electron chi connectivity index (χ1n) is 7.29. The van der Waals surface area contributed by atoms with Crippen molar-refractivity contribution in [2.24, 2.45) is 0 Å². The molecule has 3 aromatic rings. The van der Waals surface area contributed by atoms with Gasteiger partial charge in [-0.05, 0) is 30.7 Å². The smallest absolute Gasteiger partial charge is 0.336 e. The van der Waals surface area contributed by atoms with Gasteiger partial charge in [-0.15, -0.1) is 0 Å². The van der Waals surface area contributed by atoms with Crippen molar-refractivity contribution in [2.75, 3.05) is 13.2 Å². The van der Waals surface area contributed by atoms with E-state index in [-0.39, 0.29) is 19.0 Å². The molecule has 124 valence electrons. The SMILES string of the molecule is Cc1cc(=O)oc2cc(OCCOc3ccccc3F)c(Cl)cc12. The molecular weight excluding hydrogens is 335 g/mol. The van der Waals surface area contributed by atoms with E-state index < -0.39 is 11.4 Å². The second-order valence-electron chi connectivity index (χ2n) is 5.15. The molecule has 0 bridgehead atoms. The largest absolute Gasteiger partial charge is 0.488 e. The van der Waals surface area contributed by atoms with Crippen LogP contribution in [-0.2, 0) is 0 Å². The van der Waals surface area contributed by atoms with Gasteiger partial charge in [-0.2, -0.15) is 0 Å². The minimum absolute atomic E-state index is 0.146. The van der Waals surface area contributed by atoms with Crippen LogP contribution in [0.2, 0.25) is 5.02 Å². The third-order valence-electron chi connectivity index (χ3n) is 3.44. The van der Waals surface area contributed by atoms with Crippen LogP contribution in [0.15, 0.2) is 51.7 Å². The maximum atomic E-state index is 13.4. The third-order valence-corrected chi connectivity index (χ3v) is 3.73. The van der Waals surface area contributed by atoms with Crippen LogP contribution >= 0.6 is 11.6 Å². The average Bonchev–Trinajstić information content (AvgIpc) is 2.54. The van der Waals surface area contributed by atoms with Gasteiger partial charge in [0.2, 0.25) is 0 Å². The van der Waals surface area contributed by atoms with Gasteiger partial charge in [-0.3, -0.25) is 0 Å². The number of hydrogen-bond acceptors (Lipinski definition) is 4. The quantitative estimate of drug-likeness (QED) is 0.508. The molecule has 4 nitrogen and oxygen atoms in total. The van der Waals surface area contributed by atoms with Crippen molar-refractivity contribution in [2.45, 2.75) is 6.92 Å². The molecule has 0 saturated heterocycles. The fraction of sp³-hybridized carbons (Fsp3) is 0.167. The highest BCUT2D eigenvalue weighted by Gasteiger charge is 2.09. The van der Waals surface area contributed by atoms with Gasteiger partial charge in [0.1, 0.15) is 24.5 Å². The lowest BCUT2D eigenvalue weighted by molar-refractivity contribution is 0.211. The van der Waals surface area contributed by atoms with E-state index in [1.165, 1.54) is 18.2 Å². The highest BCUT2D eigenvalue weighted by atomic mass is 35.5. The molecule has 2 aromatic carbocycles. The van der Waals surface area contributed by atoms with E-state index in [1.807, 2.05) is 0 Å². The summed E-state index contributed by atoms with van der Waals surface area (Å²) in [6, 6.07) is 10.8. The predicted molar refractivity (Wildman–Crippen MR) is 89.6 cm³/mol. The van der Waals surface area contributed by atoms with Crippen molar-refractivity contribution < 1.29 is 18.3 Å². The Morgan fingerprint density at radius 2 is 1.79 bits per heavy atom. The van der Waals surface area contributed by atoms with Gasteiger partial charge < -0.3 is 13.9 Å². The van der Waals surface area contributed by atoms with Gasteiger partial charge >= 0.3 is 5.63 Å². The first-order chi connectivity index (χ1) is 11.5. The van der Waals surface area contributed by atoms with Crippen LogP contribution in [0.5, 0.6) is 11.5 Å². The summed E-state index contributed by atoms with van der Waals surface area (Å²) in [5.74, 6) is 0.0980. The molecule has 0 fully saturated rings. The van der Waals surface area contributed by atoms with E-state index >= 15 is 0 Å². The summed E-state index contributed by atoms with van der Waals surface area (Å²) in [6.45, 7) is 2.11. The van der Waals surface area contributed by atoms with E-state index in [4.69, 9.17) is 25.5 Å². The molecule has 1 aromatic heterocycles. The van der Waals surface area contributed by atoms with Crippen LogP contribution in [-0.4, -0.2) is 13.2 Å². The van der Waals surface area contributed by atoms with E-state index in [0.29, 0.717) is 16.4 Å². The van der Waals surface area contributed by atoms with Crippen molar-refractivity contribution in [3.63, 3.8) is 0 Å². The number of para-hydroxylation sites is 1. The maximum Gasteiger partial charge on any atom is 0.336 e. The summed E-state index contributed by atoms with van der Waals surface area (Å²) in [4.78, 5) is 11.5. The topological polar surface area (TPSA) is 48.7 Å². The number of benzene rings is 2. The molecule has 0 spiro atoms. The number of aryl methyl sites for hydroxylation is 1. The Morgan fingerprint density at radius 3 is 2.54 bits per heavy atom. The standard InChI is InChI=1S/C18H14ClFO4/c1-11-8-18(21)24-16-10-17(13(19)9-12(11)16)23-7-6-22-15-5-3-2-4-14(15)20/h2-5,8-10H,6-7H2,1H3. The van der Waals surface area contributed by atoms with Gasteiger partial charge in [0.05, 0.1) is 5.02 Å². The summed E-state index contributed by atoms with van der Waals surface area (Å²) in [5, 5.41) is 1.14. The van der Waals surface area contributed by atoms with Gasteiger partial charge in [0, 0.05) is 17.5 Å². The maximum absolute atomic E-state index is 13.4. The molecule has 1 heterocycles. The van der Waals surface area contributed by atoms with Crippen molar-refractivity contribution in [1.29, 1.82) is 0 Å². The Morgan fingerprint density at radius 1 is 1.08 bits per heavy atom. The molecule has 6 heteroatoms. The number of fused-ring (bicyclic) bond motifs is 1. The molecule has 0 atom stereocenters. The molecular formula is C18H14ClFO4. The molecule has 0 saturated carbocycles. The average molecular weight is 349 g/mol. The molecule has 0 amide bonds. The second-order valence-corrected chi connectivity index (χ2v) is 5.56. The third kappa shape index (κ3) is 3.51. The van der Waals surface area contributed by atoms with Crippen molar-refractivity contribution in [3.05, 3.63) is 69.3 Å². The number of hydrogen-bond donors (Lipinski definition) is 0. The van der Waals surface area contributed by atoms with Crippen LogP contribution in [0.1, 0.15) is 5.56 Å². The molecule has 0 aliphatic rings. The van der Waals surface area contributed by atoms with E-state index in [2.05, 4.69) is 0 Å². The number of ether oxygens (including phenoxy) is 2. The van der Waals surface area contributed by atoms with Crippen LogP contribution in [0.4, 0.5) is 4.39 Å². The Bertz CT molecular complexity index is 936. The lowest BCUT2D eigenvalue weighted by Crippen LogP contribution is -2.10. The highest BCUT2D eigenvalue weighted by Crippen LogP contribution is 2.31. The van der Waals surface area contributed by atoms with Gasteiger partial charge in [-0.1, -0.05) is 23.7 Å². The highest BCUT2D eigenvalue weighted by molar-refractivity contribution is 6.32. The molecule has 0 aliphatic carbocycles. The monoisotopic (exact) mass is 348 g/mol. The van der Waals surface area contributed by atoms with Crippen molar-refractivity contribution in [1.82, 2.24) is 0 Å². The Kier molecular flexibility index (Phi) is 4.71. The van der Waals surface area contributed by atoms with E-state index in [1.54, 1.807) is 31.2 Å². The molecule has 0 aliphatic heterocycles. The summed E-state index contributed by atoms with van der Waals surface area (Å²) in [6.07, 6.45) is 0. The molecule has 0 unspecified atom stereocenters. The van der Waals surface area contributed by atoms with Crippen molar-refractivity contribution in [3.8, 4) is 11.5 Å². The molecule has 0 radical (unpaired) electrons. The van der Waals surface area contributed by atoms with Crippen LogP contribution < -0.4 is 15.1 Å². The van der Waals surface area contributed by atoms with E-state index in [9.17, 15) is 9.18 Å². The zero-order valence-electron chi connectivity index (χ0n) is 12.8. The Labute approximate surface area is 142 Å². The van der Waals surface area contributed by atoms with Crippen LogP contribution in [0.25, 0.3) is 11.0 Å². The Hall–Kier alpha value is -2.53. The van der Waals surface area contributed by atoms with Crippen LogP contribution in [0, 0.1) is 12.7 Å². The lowest BCUT2D eigenvalue weighted by Gasteiger charge is -2.11. The number of rotatable bonds is 5. The molecule has 3 rings (SSSR count). The first kappa shape index (κ1) is 16.3.